The number of hydrogen-bond acceptors (Lipinski definition) is 3. The van der Waals surface area contributed by atoms with Crippen LogP contribution in [0.3, 0.4) is 0 Å². The number of amides is 1. The van der Waals surface area contributed by atoms with E-state index in [0.717, 1.165) is 5.69 Å². The van der Waals surface area contributed by atoms with Gasteiger partial charge in [0.1, 0.15) is 12.4 Å². The summed E-state index contributed by atoms with van der Waals surface area (Å²) in [6.07, 6.45) is 0. The van der Waals surface area contributed by atoms with Crippen LogP contribution in [0.2, 0.25) is 0 Å². The van der Waals surface area contributed by atoms with Crippen molar-refractivity contribution in [3.8, 4) is 5.75 Å². The molecule has 0 bridgehead atoms. The third-order valence-corrected chi connectivity index (χ3v) is 2.30. The first-order chi connectivity index (χ1) is 7.76. The third-order valence-electron chi connectivity index (χ3n) is 1.80. The Morgan fingerprint density at radius 2 is 2.25 bits per heavy atom. The molecular formula is C11H14BrNO3. The average molecular weight is 288 g/mol. The molecule has 4 nitrogen and oxygen atoms in total. The Balaban J connectivity index is 2.53. The lowest BCUT2D eigenvalue weighted by Gasteiger charge is -2.08. The highest BCUT2D eigenvalue weighted by Crippen LogP contribution is 2.17. The average Bonchev–Trinajstić information content (AvgIpc) is 2.30. The molecule has 0 heterocycles. The molecular weight excluding hydrogens is 274 g/mol. The van der Waals surface area contributed by atoms with Crippen molar-refractivity contribution in [3.63, 3.8) is 0 Å². The van der Waals surface area contributed by atoms with Gasteiger partial charge >= 0.3 is 0 Å². The van der Waals surface area contributed by atoms with Crippen LogP contribution in [0.25, 0.3) is 0 Å². The van der Waals surface area contributed by atoms with E-state index in [1.807, 2.05) is 18.2 Å². The zero-order valence-corrected chi connectivity index (χ0v) is 10.6. The predicted molar refractivity (Wildman–Crippen MR) is 66.2 cm³/mol. The van der Waals surface area contributed by atoms with Crippen molar-refractivity contribution in [2.75, 3.05) is 31.0 Å². The fourth-order valence-corrected chi connectivity index (χ4v) is 1.24. The van der Waals surface area contributed by atoms with Gasteiger partial charge in [0.05, 0.1) is 11.9 Å². The van der Waals surface area contributed by atoms with Crippen LogP contribution < -0.4 is 10.1 Å². The molecule has 0 saturated carbocycles. The number of carbonyl (C=O) groups is 1. The molecule has 0 spiro atoms. The number of nitrogens with one attached hydrogen (secondary N) is 1. The normalized spacial score (nSPS) is 9.88. The highest BCUT2D eigenvalue weighted by Gasteiger charge is 2.01. The van der Waals surface area contributed by atoms with Gasteiger partial charge in [-0.05, 0) is 12.1 Å². The highest BCUT2D eigenvalue weighted by atomic mass is 79.9. The van der Waals surface area contributed by atoms with E-state index in [0.29, 0.717) is 19.0 Å². The van der Waals surface area contributed by atoms with Crippen LogP contribution in [0.1, 0.15) is 0 Å². The molecule has 5 heteroatoms. The van der Waals surface area contributed by atoms with Crippen molar-refractivity contribution in [1.29, 1.82) is 0 Å². The summed E-state index contributed by atoms with van der Waals surface area (Å²) < 4.78 is 10.3. The third kappa shape index (κ3) is 4.63. The maximum absolute atomic E-state index is 11.1. The van der Waals surface area contributed by atoms with Crippen molar-refractivity contribution in [2.24, 2.45) is 0 Å². The molecule has 1 aromatic carbocycles. The van der Waals surface area contributed by atoms with Crippen LogP contribution in [-0.2, 0) is 9.53 Å². The van der Waals surface area contributed by atoms with Crippen molar-refractivity contribution < 1.29 is 14.3 Å². The van der Waals surface area contributed by atoms with Crippen LogP contribution in [0.4, 0.5) is 5.69 Å². The van der Waals surface area contributed by atoms with Gasteiger partial charge in [-0.25, -0.2) is 0 Å². The molecule has 88 valence electrons. The van der Waals surface area contributed by atoms with Gasteiger partial charge in [0, 0.05) is 18.9 Å². The molecule has 0 aromatic heterocycles. The summed E-state index contributed by atoms with van der Waals surface area (Å²) >= 11 is 3.08. The van der Waals surface area contributed by atoms with Crippen molar-refractivity contribution in [3.05, 3.63) is 24.3 Å². The first-order valence-electron chi connectivity index (χ1n) is 4.84. The molecule has 0 radical (unpaired) electrons. The Labute approximate surface area is 103 Å². The van der Waals surface area contributed by atoms with Crippen LogP contribution in [-0.4, -0.2) is 31.6 Å². The summed E-state index contributed by atoms with van der Waals surface area (Å²) in [5.74, 6) is 0.624. The zero-order valence-electron chi connectivity index (χ0n) is 9.03. The number of ether oxygens (including phenoxy) is 2. The van der Waals surface area contributed by atoms with E-state index in [2.05, 4.69) is 21.2 Å². The van der Waals surface area contributed by atoms with Gasteiger partial charge < -0.3 is 14.8 Å². The van der Waals surface area contributed by atoms with Crippen LogP contribution in [0.15, 0.2) is 24.3 Å². The van der Waals surface area contributed by atoms with Gasteiger partial charge in [0.15, 0.2) is 0 Å². The summed E-state index contributed by atoms with van der Waals surface area (Å²) in [5.41, 5.74) is 0.722. The fourth-order valence-electron chi connectivity index (χ4n) is 1.10. The number of methoxy groups -OCH3 is 1. The maximum Gasteiger partial charge on any atom is 0.235 e. The minimum Gasteiger partial charge on any atom is -0.491 e. The highest BCUT2D eigenvalue weighted by molar-refractivity contribution is 9.09. The molecule has 0 fully saturated rings. The second kappa shape index (κ2) is 7.24. The first-order valence-corrected chi connectivity index (χ1v) is 5.96. The standard InChI is InChI=1S/C11H14BrNO3/c1-15-5-6-16-10-4-2-3-9(7-10)13-11(14)8-12/h2-4,7H,5-6,8H2,1H3,(H,13,14). The topological polar surface area (TPSA) is 47.6 Å². The van der Waals surface area contributed by atoms with E-state index < -0.39 is 0 Å². The summed E-state index contributed by atoms with van der Waals surface area (Å²) in [6.45, 7) is 1.03. The number of benzene rings is 1. The Morgan fingerprint density at radius 3 is 2.94 bits per heavy atom. The van der Waals surface area contributed by atoms with Crippen molar-refractivity contribution >= 4 is 27.5 Å². The molecule has 0 unspecified atom stereocenters. The van der Waals surface area contributed by atoms with Gasteiger partial charge in [-0.3, -0.25) is 4.79 Å². The molecule has 0 aliphatic carbocycles. The van der Waals surface area contributed by atoms with Crippen LogP contribution in [0, 0.1) is 0 Å². The number of halogens is 1. The first kappa shape index (κ1) is 13.0. The van der Waals surface area contributed by atoms with E-state index in [4.69, 9.17) is 9.47 Å². The molecule has 0 aliphatic rings. The minimum absolute atomic E-state index is 0.0889. The molecule has 0 aliphatic heterocycles. The quantitative estimate of drug-likeness (QED) is 0.643. The minimum atomic E-state index is -0.0889. The van der Waals surface area contributed by atoms with Crippen LogP contribution >= 0.6 is 15.9 Å². The number of anilines is 1. The lowest BCUT2D eigenvalue weighted by atomic mass is 10.3. The number of rotatable bonds is 6. The summed E-state index contributed by atoms with van der Waals surface area (Å²) in [6, 6.07) is 7.24. The fraction of sp³-hybridized carbons (Fsp3) is 0.364. The Morgan fingerprint density at radius 1 is 1.44 bits per heavy atom. The SMILES string of the molecule is COCCOc1cccc(NC(=O)CBr)c1. The van der Waals surface area contributed by atoms with Gasteiger partial charge in [-0.15, -0.1) is 0 Å². The lowest BCUT2D eigenvalue weighted by Crippen LogP contribution is -2.12. The van der Waals surface area contributed by atoms with Gasteiger partial charge in [-0.2, -0.15) is 0 Å². The molecule has 0 atom stereocenters. The van der Waals surface area contributed by atoms with Crippen molar-refractivity contribution in [2.45, 2.75) is 0 Å². The lowest BCUT2D eigenvalue weighted by molar-refractivity contribution is -0.113. The Kier molecular flexibility index (Phi) is 5.88. The van der Waals surface area contributed by atoms with E-state index in [1.165, 1.54) is 0 Å². The molecule has 0 saturated heterocycles. The summed E-state index contributed by atoms with van der Waals surface area (Å²) in [5, 5.41) is 3.00. The summed E-state index contributed by atoms with van der Waals surface area (Å²) in [4.78, 5) is 11.1. The Hall–Kier alpha value is -1.07. The molecule has 16 heavy (non-hydrogen) atoms. The van der Waals surface area contributed by atoms with Crippen molar-refractivity contribution in [1.82, 2.24) is 0 Å². The van der Waals surface area contributed by atoms with E-state index in [-0.39, 0.29) is 11.2 Å². The Bertz CT molecular complexity index is 344. The molecule has 1 rings (SSSR count). The molecule has 1 N–H and O–H groups in total. The maximum atomic E-state index is 11.1. The monoisotopic (exact) mass is 287 g/mol. The van der Waals surface area contributed by atoms with E-state index >= 15 is 0 Å². The molecule has 1 amide bonds. The number of carbonyl (C=O) groups excluding carboxylic acids is 1. The van der Waals surface area contributed by atoms with E-state index in [9.17, 15) is 4.79 Å². The van der Waals surface area contributed by atoms with Gasteiger partial charge in [0.25, 0.3) is 0 Å². The van der Waals surface area contributed by atoms with Gasteiger partial charge in [-0.1, -0.05) is 22.0 Å². The van der Waals surface area contributed by atoms with Gasteiger partial charge in [0.2, 0.25) is 5.91 Å². The van der Waals surface area contributed by atoms with Crippen LogP contribution in [0.5, 0.6) is 5.75 Å². The molecule has 1 aromatic rings. The zero-order chi connectivity index (χ0) is 11.8. The number of alkyl halides is 1. The number of hydrogen-bond donors (Lipinski definition) is 1. The predicted octanol–water partition coefficient (Wildman–Crippen LogP) is 2.05. The van der Waals surface area contributed by atoms with E-state index in [1.54, 1.807) is 13.2 Å². The summed E-state index contributed by atoms with van der Waals surface area (Å²) in [7, 11) is 1.62. The second-order valence-corrected chi connectivity index (χ2v) is 3.61. The second-order valence-electron chi connectivity index (χ2n) is 3.05. The smallest absolute Gasteiger partial charge is 0.235 e. The largest absolute Gasteiger partial charge is 0.491 e.